The number of amides is 1. The Morgan fingerprint density at radius 3 is 2.85 bits per heavy atom. The number of anilines is 1. The van der Waals surface area contributed by atoms with Crippen LogP contribution in [0.5, 0.6) is 0 Å². The molecule has 0 heterocycles. The van der Waals surface area contributed by atoms with Gasteiger partial charge in [-0.05, 0) is 56.3 Å². The predicted octanol–water partition coefficient (Wildman–Crippen LogP) is 3.71. The molecule has 1 aliphatic rings. The van der Waals surface area contributed by atoms with Gasteiger partial charge in [-0.3, -0.25) is 9.69 Å². The number of hydrogen-bond acceptors (Lipinski definition) is 2. The van der Waals surface area contributed by atoms with Crippen molar-refractivity contribution in [3.05, 3.63) is 28.8 Å². The molecule has 1 saturated carbocycles. The van der Waals surface area contributed by atoms with Gasteiger partial charge < -0.3 is 5.32 Å². The average Bonchev–Trinajstić information content (AvgIpc) is 3.19. The Morgan fingerprint density at radius 1 is 1.45 bits per heavy atom. The highest BCUT2D eigenvalue weighted by Crippen LogP contribution is 2.29. The van der Waals surface area contributed by atoms with Gasteiger partial charge in [0, 0.05) is 17.3 Å². The number of benzene rings is 1. The van der Waals surface area contributed by atoms with Crippen LogP contribution in [0.4, 0.5) is 5.69 Å². The standard InChI is InChI=1S/C16H23ClN2O/c1-3-9-19(10-13-7-8-13)11-16(20)18-15-6-4-5-14(17)12(15)2/h4-6,13H,3,7-11H2,1-2H3,(H,18,20). The lowest BCUT2D eigenvalue weighted by atomic mass is 10.2. The highest BCUT2D eigenvalue weighted by molar-refractivity contribution is 6.31. The van der Waals surface area contributed by atoms with Crippen LogP contribution in [0.1, 0.15) is 31.7 Å². The van der Waals surface area contributed by atoms with Crippen molar-refractivity contribution < 1.29 is 4.79 Å². The Hall–Kier alpha value is -1.06. The first-order valence-electron chi connectivity index (χ1n) is 7.37. The van der Waals surface area contributed by atoms with Crippen LogP contribution in [-0.2, 0) is 4.79 Å². The van der Waals surface area contributed by atoms with Gasteiger partial charge in [0.1, 0.15) is 0 Å². The molecule has 0 aromatic heterocycles. The molecule has 2 rings (SSSR count). The van der Waals surface area contributed by atoms with Crippen LogP contribution in [0.3, 0.4) is 0 Å². The van der Waals surface area contributed by atoms with Crippen molar-refractivity contribution in [1.29, 1.82) is 0 Å². The summed E-state index contributed by atoms with van der Waals surface area (Å²) in [6.45, 7) is 6.58. The summed E-state index contributed by atoms with van der Waals surface area (Å²) in [5, 5.41) is 3.65. The molecule has 110 valence electrons. The zero-order chi connectivity index (χ0) is 14.5. The molecule has 0 bridgehead atoms. The molecule has 20 heavy (non-hydrogen) atoms. The number of carbonyl (C=O) groups excluding carboxylic acids is 1. The molecule has 1 aromatic rings. The number of rotatable bonds is 7. The summed E-state index contributed by atoms with van der Waals surface area (Å²) in [4.78, 5) is 14.4. The molecule has 1 fully saturated rings. The molecule has 4 heteroatoms. The molecule has 0 unspecified atom stereocenters. The molecule has 1 aromatic carbocycles. The fourth-order valence-electron chi connectivity index (χ4n) is 2.35. The average molecular weight is 295 g/mol. The zero-order valence-electron chi connectivity index (χ0n) is 12.3. The van der Waals surface area contributed by atoms with Crippen LogP contribution in [0.15, 0.2) is 18.2 Å². The van der Waals surface area contributed by atoms with Crippen LogP contribution in [0, 0.1) is 12.8 Å². The lowest BCUT2D eigenvalue weighted by molar-refractivity contribution is -0.117. The SMILES string of the molecule is CCCN(CC(=O)Nc1cccc(Cl)c1C)CC1CC1. The van der Waals surface area contributed by atoms with E-state index in [4.69, 9.17) is 11.6 Å². The van der Waals surface area contributed by atoms with Gasteiger partial charge in [0.05, 0.1) is 6.54 Å². The van der Waals surface area contributed by atoms with Crippen molar-refractivity contribution in [2.45, 2.75) is 33.1 Å². The number of hydrogen-bond donors (Lipinski definition) is 1. The quantitative estimate of drug-likeness (QED) is 0.831. The van der Waals surface area contributed by atoms with E-state index >= 15 is 0 Å². The van der Waals surface area contributed by atoms with Crippen molar-refractivity contribution >= 4 is 23.2 Å². The first kappa shape index (κ1) is 15.3. The fraction of sp³-hybridized carbons (Fsp3) is 0.562. The van der Waals surface area contributed by atoms with Crippen molar-refractivity contribution in [2.75, 3.05) is 25.0 Å². The largest absolute Gasteiger partial charge is 0.325 e. The van der Waals surface area contributed by atoms with E-state index in [0.29, 0.717) is 11.6 Å². The third-order valence-corrected chi connectivity index (χ3v) is 4.07. The minimum atomic E-state index is 0.0458. The molecule has 0 atom stereocenters. The molecule has 1 amide bonds. The number of carbonyl (C=O) groups is 1. The molecule has 0 spiro atoms. The number of halogens is 1. The van der Waals surface area contributed by atoms with Crippen LogP contribution in [0.25, 0.3) is 0 Å². The van der Waals surface area contributed by atoms with Crippen LogP contribution in [-0.4, -0.2) is 30.4 Å². The fourth-order valence-corrected chi connectivity index (χ4v) is 2.53. The zero-order valence-corrected chi connectivity index (χ0v) is 13.0. The summed E-state index contributed by atoms with van der Waals surface area (Å²) in [7, 11) is 0. The highest BCUT2D eigenvalue weighted by atomic mass is 35.5. The van der Waals surface area contributed by atoms with Crippen molar-refractivity contribution in [3.63, 3.8) is 0 Å². The van der Waals surface area contributed by atoms with E-state index in [-0.39, 0.29) is 5.91 Å². The Kier molecular flexibility index (Phi) is 5.44. The monoisotopic (exact) mass is 294 g/mol. The van der Waals surface area contributed by atoms with E-state index in [9.17, 15) is 4.79 Å². The highest BCUT2D eigenvalue weighted by Gasteiger charge is 2.24. The van der Waals surface area contributed by atoms with E-state index in [2.05, 4.69) is 17.1 Å². The van der Waals surface area contributed by atoms with Gasteiger partial charge in [0.2, 0.25) is 5.91 Å². The summed E-state index contributed by atoms with van der Waals surface area (Å²) in [6.07, 6.45) is 3.71. The van der Waals surface area contributed by atoms with E-state index < -0.39 is 0 Å². The van der Waals surface area contributed by atoms with Crippen molar-refractivity contribution in [2.24, 2.45) is 5.92 Å². The Balaban J connectivity index is 1.91. The lowest BCUT2D eigenvalue weighted by Crippen LogP contribution is -2.35. The van der Waals surface area contributed by atoms with E-state index in [1.54, 1.807) is 0 Å². The third kappa shape index (κ3) is 4.50. The summed E-state index contributed by atoms with van der Waals surface area (Å²) in [6, 6.07) is 5.59. The van der Waals surface area contributed by atoms with Gasteiger partial charge in [0.15, 0.2) is 0 Å². The Bertz CT molecular complexity index is 472. The number of nitrogens with zero attached hydrogens (tertiary/aromatic N) is 1. The Morgan fingerprint density at radius 2 is 2.20 bits per heavy atom. The van der Waals surface area contributed by atoms with Gasteiger partial charge in [-0.15, -0.1) is 0 Å². The summed E-state index contributed by atoms with van der Waals surface area (Å²) in [5.74, 6) is 0.853. The molecule has 3 nitrogen and oxygen atoms in total. The second-order valence-corrected chi connectivity index (χ2v) is 6.05. The first-order chi connectivity index (χ1) is 9.60. The third-order valence-electron chi connectivity index (χ3n) is 3.66. The van der Waals surface area contributed by atoms with Gasteiger partial charge in [-0.1, -0.05) is 24.6 Å². The first-order valence-corrected chi connectivity index (χ1v) is 7.75. The van der Waals surface area contributed by atoms with Crippen LogP contribution < -0.4 is 5.32 Å². The maximum atomic E-state index is 12.2. The van der Waals surface area contributed by atoms with Gasteiger partial charge in [0.25, 0.3) is 0 Å². The van der Waals surface area contributed by atoms with Gasteiger partial charge in [-0.25, -0.2) is 0 Å². The maximum absolute atomic E-state index is 12.2. The molecule has 0 aliphatic heterocycles. The van der Waals surface area contributed by atoms with E-state index in [0.717, 1.165) is 36.7 Å². The predicted molar refractivity (Wildman–Crippen MR) is 84.3 cm³/mol. The number of nitrogens with one attached hydrogen (secondary N) is 1. The van der Waals surface area contributed by atoms with Crippen LogP contribution in [0.2, 0.25) is 5.02 Å². The Labute approximate surface area is 126 Å². The molecule has 0 radical (unpaired) electrons. The van der Waals surface area contributed by atoms with E-state index in [1.807, 2.05) is 25.1 Å². The second kappa shape index (κ2) is 7.09. The smallest absolute Gasteiger partial charge is 0.238 e. The van der Waals surface area contributed by atoms with Gasteiger partial charge >= 0.3 is 0 Å². The summed E-state index contributed by atoms with van der Waals surface area (Å²) in [5.41, 5.74) is 1.73. The molecule has 0 saturated heterocycles. The lowest BCUT2D eigenvalue weighted by Gasteiger charge is -2.21. The van der Waals surface area contributed by atoms with Crippen molar-refractivity contribution in [1.82, 2.24) is 4.90 Å². The molecule has 1 aliphatic carbocycles. The van der Waals surface area contributed by atoms with Crippen molar-refractivity contribution in [3.8, 4) is 0 Å². The topological polar surface area (TPSA) is 32.3 Å². The minimum Gasteiger partial charge on any atom is -0.325 e. The summed E-state index contributed by atoms with van der Waals surface area (Å²) >= 11 is 6.07. The molecular formula is C16H23ClN2O. The van der Waals surface area contributed by atoms with Crippen LogP contribution >= 0.6 is 11.6 Å². The van der Waals surface area contributed by atoms with Gasteiger partial charge in [-0.2, -0.15) is 0 Å². The van der Waals surface area contributed by atoms with E-state index in [1.165, 1.54) is 12.8 Å². The molecular weight excluding hydrogens is 272 g/mol. The maximum Gasteiger partial charge on any atom is 0.238 e. The second-order valence-electron chi connectivity index (χ2n) is 5.64. The molecule has 1 N–H and O–H groups in total. The normalized spacial score (nSPS) is 14.6. The summed E-state index contributed by atoms with van der Waals surface area (Å²) < 4.78 is 0. The minimum absolute atomic E-state index is 0.0458.